The summed E-state index contributed by atoms with van der Waals surface area (Å²) in [5.41, 5.74) is 2.27. The number of anilines is 1. The lowest BCUT2D eigenvalue weighted by atomic mass is 10.3. The summed E-state index contributed by atoms with van der Waals surface area (Å²) in [7, 11) is 1.41. The number of furan rings is 1. The predicted octanol–water partition coefficient (Wildman–Crippen LogP) is 1.21. The van der Waals surface area contributed by atoms with Crippen molar-refractivity contribution in [2.45, 2.75) is 13.5 Å². The molecule has 1 heterocycles. The molecule has 0 fully saturated rings. The number of methoxy groups -OCH3 is 1. The Morgan fingerprint density at radius 3 is 2.61 bits per heavy atom. The number of carbonyl (C=O) groups excluding carboxylic acids is 4. The monoisotopic (exact) mass is 450 g/mol. The van der Waals surface area contributed by atoms with E-state index in [1.165, 1.54) is 31.4 Å². The highest BCUT2D eigenvalue weighted by Crippen LogP contribution is 2.27. The zero-order valence-corrected chi connectivity index (χ0v) is 17.3. The number of halogens is 1. The van der Waals surface area contributed by atoms with E-state index in [0.29, 0.717) is 16.5 Å². The smallest absolute Gasteiger partial charge is 0.396 e. The molecule has 164 valence electrons. The third-order valence-electron chi connectivity index (χ3n) is 3.54. The highest BCUT2D eigenvalue weighted by atomic mass is 35.5. The first kappa shape index (κ1) is 23.4. The standard InChI is InChI=1S/C19H19ClN4O7/c1-3-30-19(28)18(27)21-9-12-5-6-13(31-12)10-22-24-17(26)16(25)23-14-8-11(20)4-7-15(14)29-2/h4-8,10H,3,9H2,1-2H3,(H,21,27)(H,23,25)(H,24,26)/b22-10-. The minimum Gasteiger partial charge on any atom is -0.495 e. The van der Waals surface area contributed by atoms with Gasteiger partial charge in [-0.1, -0.05) is 11.6 Å². The van der Waals surface area contributed by atoms with Crippen molar-refractivity contribution in [1.82, 2.24) is 10.7 Å². The molecular weight excluding hydrogens is 432 g/mol. The maximum absolute atomic E-state index is 12.0. The maximum atomic E-state index is 12.0. The number of hydrogen-bond acceptors (Lipinski definition) is 8. The van der Waals surface area contributed by atoms with Crippen LogP contribution in [-0.2, 0) is 30.5 Å². The lowest BCUT2D eigenvalue weighted by Gasteiger charge is -2.09. The number of hydrogen-bond donors (Lipinski definition) is 3. The zero-order chi connectivity index (χ0) is 22.8. The molecule has 2 aromatic rings. The number of rotatable bonds is 7. The van der Waals surface area contributed by atoms with E-state index in [1.54, 1.807) is 13.0 Å². The summed E-state index contributed by atoms with van der Waals surface area (Å²) in [6.45, 7) is 1.62. The van der Waals surface area contributed by atoms with Crippen LogP contribution in [0.25, 0.3) is 0 Å². The quantitative estimate of drug-likeness (QED) is 0.248. The predicted molar refractivity (Wildman–Crippen MR) is 110 cm³/mol. The Morgan fingerprint density at radius 2 is 1.90 bits per heavy atom. The molecule has 31 heavy (non-hydrogen) atoms. The average molecular weight is 451 g/mol. The van der Waals surface area contributed by atoms with Crippen molar-refractivity contribution >= 4 is 47.2 Å². The van der Waals surface area contributed by atoms with Gasteiger partial charge in [-0.2, -0.15) is 5.10 Å². The lowest BCUT2D eigenvalue weighted by molar-refractivity contribution is -0.154. The molecule has 0 aliphatic rings. The van der Waals surface area contributed by atoms with Crippen LogP contribution in [0.3, 0.4) is 0 Å². The average Bonchev–Trinajstić information content (AvgIpc) is 3.20. The van der Waals surface area contributed by atoms with Gasteiger partial charge in [0.25, 0.3) is 0 Å². The fourth-order valence-electron chi connectivity index (χ4n) is 2.16. The Morgan fingerprint density at radius 1 is 1.13 bits per heavy atom. The summed E-state index contributed by atoms with van der Waals surface area (Å²) in [6, 6.07) is 7.59. The van der Waals surface area contributed by atoms with Gasteiger partial charge in [0.1, 0.15) is 17.3 Å². The maximum Gasteiger partial charge on any atom is 0.396 e. The van der Waals surface area contributed by atoms with Crippen LogP contribution in [-0.4, -0.2) is 43.6 Å². The molecule has 3 N–H and O–H groups in total. The van der Waals surface area contributed by atoms with Crippen LogP contribution in [0.1, 0.15) is 18.4 Å². The highest BCUT2D eigenvalue weighted by Gasteiger charge is 2.16. The minimum atomic E-state index is -1.04. The van der Waals surface area contributed by atoms with Gasteiger partial charge in [0.2, 0.25) is 0 Å². The second-order valence-electron chi connectivity index (χ2n) is 5.71. The molecule has 0 saturated carbocycles. The van der Waals surface area contributed by atoms with E-state index in [2.05, 4.69) is 20.5 Å². The number of benzene rings is 1. The Kier molecular flexibility index (Phi) is 8.58. The number of hydrazone groups is 1. The van der Waals surface area contributed by atoms with Gasteiger partial charge in [-0.3, -0.25) is 14.4 Å². The van der Waals surface area contributed by atoms with Crippen molar-refractivity contribution in [3.05, 3.63) is 46.9 Å². The minimum absolute atomic E-state index is 0.0538. The van der Waals surface area contributed by atoms with Crippen LogP contribution >= 0.6 is 11.6 Å². The van der Waals surface area contributed by atoms with E-state index in [1.807, 2.05) is 5.43 Å². The van der Waals surface area contributed by atoms with Gasteiger partial charge < -0.3 is 24.5 Å². The van der Waals surface area contributed by atoms with E-state index in [9.17, 15) is 19.2 Å². The van der Waals surface area contributed by atoms with Crippen molar-refractivity contribution in [2.75, 3.05) is 19.0 Å². The number of nitrogens with zero attached hydrogens (tertiary/aromatic N) is 1. The molecule has 0 radical (unpaired) electrons. The van der Waals surface area contributed by atoms with E-state index in [0.717, 1.165) is 6.21 Å². The molecule has 0 aliphatic heterocycles. The zero-order valence-electron chi connectivity index (χ0n) is 16.6. The van der Waals surface area contributed by atoms with Crippen LogP contribution in [0.5, 0.6) is 5.75 Å². The van der Waals surface area contributed by atoms with E-state index in [4.69, 9.17) is 20.8 Å². The lowest BCUT2D eigenvalue weighted by Crippen LogP contribution is -2.32. The summed E-state index contributed by atoms with van der Waals surface area (Å²) >= 11 is 5.87. The number of esters is 1. The SMILES string of the molecule is CCOC(=O)C(=O)NCc1ccc(/C=N\NC(=O)C(=O)Nc2cc(Cl)ccc2OC)o1. The molecule has 11 nitrogen and oxygen atoms in total. The van der Waals surface area contributed by atoms with Crippen molar-refractivity contribution in [1.29, 1.82) is 0 Å². The van der Waals surface area contributed by atoms with Gasteiger partial charge >= 0.3 is 23.7 Å². The number of carbonyl (C=O) groups is 4. The van der Waals surface area contributed by atoms with Crippen molar-refractivity contribution in [2.24, 2.45) is 5.10 Å². The van der Waals surface area contributed by atoms with Crippen LogP contribution in [0.4, 0.5) is 5.69 Å². The largest absolute Gasteiger partial charge is 0.495 e. The summed E-state index contributed by atoms with van der Waals surface area (Å²) < 4.78 is 15.0. The number of nitrogens with one attached hydrogen (secondary N) is 3. The van der Waals surface area contributed by atoms with E-state index < -0.39 is 23.7 Å². The van der Waals surface area contributed by atoms with Crippen LogP contribution in [0.2, 0.25) is 5.02 Å². The number of ether oxygens (including phenoxy) is 2. The highest BCUT2D eigenvalue weighted by molar-refractivity contribution is 6.40. The van der Waals surface area contributed by atoms with Crippen molar-refractivity contribution < 1.29 is 33.1 Å². The van der Waals surface area contributed by atoms with Gasteiger partial charge in [0.15, 0.2) is 0 Å². The van der Waals surface area contributed by atoms with E-state index >= 15 is 0 Å². The molecule has 12 heteroatoms. The topological polar surface area (TPSA) is 148 Å². The Balaban J connectivity index is 1.85. The molecule has 0 spiro atoms. The first-order valence-electron chi connectivity index (χ1n) is 8.85. The van der Waals surface area contributed by atoms with Gasteiger partial charge in [0.05, 0.1) is 32.2 Å². The third-order valence-corrected chi connectivity index (χ3v) is 3.78. The molecule has 0 bridgehead atoms. The molecule has 3 amide bonds. The molecule has 0 atom stereocenters. The first-order chi connectivity index (χ1) is 14.8. The summed E-state index contributed by atoms with van der Waals surface area (Å²) in [5.74, 6) is -3.03. The molecule has 0 aliphatic carbocycles. The number of amides is 3. The van der Waals surface area contributed by atoms with Gasteiger partial charge in [-0.05, 0) is 37.3 Å². The molecule has 0 unspecified atom stereocenters. The Hall–Kier alpha value is -3.86. The van der Waals surface area contributed by atoms with E-state index in [-0.39, 0.29) is 24.6 Å². The third kappa shape index (κ3) is 7.16. The van der Waals surface area contributed by atoms with Gasteiger partial charge in [0, 0.05) is 5.02 Å². The summed E-state index contributed by atoms with van der Waals surface area (Å²) in [5, 5.41) is 8.67. The molecular formula is C19H19ClN4O7. The van der Waals surface area contributed by atoms with Gasteiger partial charge in [-0.25, -0.2) is 10.2 Å². The molecule has 2 rings (SSSR count). The van der Waals surface area contributed by atoms with Crippen LogP contribution in [0, 0.1) is 0 Å². The van der Waals surface area contributed by atoms with Crippen molar-refractivity contribution in [3.63, 3.8) is 0 Å². The molecule has 1 aromatic carbocycles. The Bertz CT molecular complexity index is 1000. The first-order valence-corrected chi connectivity index (χ1v) is 9.23. The molecule has 1 aromatic heterocycles. The summed E-state index contributed by atoms with van der Waals surface area (Å²) in [6.07, 6.45) is 1.15. The summed E-state index contributed by atoms with van der Waals surface area (Å²) in [4.78, 5) is 46.6. The second kappa shape index (κ2) is 11.4. The van der Waals surface area contributed by atoms with Gasteiger partial charge in [-0.15, -0.1) is 0 Å². The van der Waals surface area contributed by atoms with Crippen LogP contribution in [0.15, 0.2) is 39.9 Å². The van der Waals surface area contributed by atoms with Crippen molar-refractivity contribution in [3.8, 4) is 5.75 Å². The normalized spacial score (nSPS) is 10.4. The van der Waals surface area contributed by atoms with Crippen LogP contribution < -0.4 is 20.8 Å². The second-order valence-corrected chi connectivity index (χ2v) is 6.14. The fourth-order valence-corrected chi connectivity index (χ4v) is 2.33. The molecule has 0 saturated heterocycles. The Labute approximate surface area is 181 Å². The fraction of sp³-hybridized carbons (Fsp3) is 0.211.